The summed E-state index contributed by atoms with van der Waals surface area (Å²) < 4.78 is 1.89. The van der Waals surface area contributed by atoms with Crippen LogP contribution in [0, 0.1) is 6.92 Å². The summed E-state index contributed by atoms with van der Waals surface area (Å²) in [6, 6.07) is 6.33. The summed E-state index contributed by atoms with van der Waals surface area (Å²) in [6.07, 6.45) is -0.833. The summed E-state index contributed by atoms with van der Waals surface area (Å²) in [5.74, 6) is 0. The normalized spacial score (nSPS) is 19.3. The molecule has 1 aliphatic rings. The van der Waals surface area contributed by atoms with Gasteiger partial charge in [0.25, 0.3) is 0 Å². The van der Waals surface area contributed by atoms with Gasteiger partial charge in [0, 0.05) is 43.8 Å². The molecule has 3 rings (SSSR count). The number of carbonyl (C=O) groups is 1. The van der Waals surface area contributed by atoms with Crippen molar-refractivity contribution in [3.05, 3.63) is 23.9 Å². The predicted molar refractivity (Wildman–Crippen MR) is 81.9 cm³/mol. The van der Waals surface area contributed by atoms with E-state index in [2.05, 4.69) is 28.2 Å². The van der Waals surface area contributed by atoms with Crippen molar-refractivity contribution in [2.24, 2.45) is 7.05 Å². The van der Waals surface area contributed by atoms with E-state index in [9.17, 15) is 4.79 Å². The lowest BCUT2D eigenvalue weighted by atomic mass is 10.1. The van der Waals surface area contributed by atoms with Gasteiger partial charge in [0.15, 0.2) is 0 Å². The maximum absolute atomic E-state index is 11.1. The third-order valence-corrected chi connectivity index (χ3v) is 4.26. The molecule has 0 bridgehead atoms. The van der Waals surface area contributed by atoms with E-state index < -0.39 is 6.09 Å². The van der Waals surface area contributed by atoms with E-state index in [1.165, 1.54) is 10.3 Å². The van der Waals surface area contributed by atoms with Crippen LogP contribution in [-0.4, -0.2) is 51.6 Å². The number of piperazine rings is 1. The van der Waals surface area contributed by atoms with E-state index in [4.69, 9.17) is 5.11 Å². The molecule has 1 fully saturated rings. The Morgan fingerprint density at radius 3 is 2.81 bits per heavy atom. The first kappa shape index (κ1) is 13.7. The number of anilines is 1. The van der Waals surface area contributed by atoms with Gasteiger partial charge in [-0.05, 0) is 32.0 Å². The molecule has 1 saturated heterocycles. The van der Waals surface area contributed by atoms with Gasteiger partial charge >= 0.3 is 6.09 Å². The molecule has 1 unspecified atom stereocenters. The van der Waals surface area contributed by atoms with Crippen LogP contribution in [0.1, 0.15) is 12.6 Å². The number of hydrogen-bond acceptors (Lipinski definition) is 3. The van der Waals surface area contributed by atoms with Crippen molar-refractivity contribution in [3.8, 4) is 0 Å². The third-order valence-electron chi connectivity index (χ3n) is 4.26. The Morgan fingerprint density at radius 1 is 1.38 bits per heavy atom. The van der Waals surface area contributed by atoms with Crippen LogP contribution in [0.15, 0.2) is 18.2 Å². The van der Waals surface area contributed by atoms with Crippen molar-refractivity contribution in [2.45, 2.75) is 19.9 Å². The lowest BCUT2D eigenvalue weighted by Crippen LogP contribution is -2.53. The highest BCUT2D eigenvalue weighted by atomic mass is 16.4. The number of fused-ring (bicyclic) bond motifs is 1. The molecular formula is C15H20N4O2. The van der Waals surface area contributed by atoms with Gasteiger partial charge in [-0.2, -0.15) is 5.10 Å². The van der Waals surface area contributed by atoms with Crippen molar-refractivity contribution < 1.29 is 9.90 Å². The molecule has 21 heavy (non-hydrogen) atoms. The average Bonchev–Trinajstić information content (AvgIpc) is 2.73. The quantitative estimate of drug-likeness (QED) is 0.872. The summed E-state index contributed by atoms with van der Waals surface area (Å²) in [5.41, 5.74) is 3.27. The largest absolute Gasteiger partial charge is 0.465 e. The monoisotopic (exact) mass is 288 g/mol. The maximum atomic E-state index is 11.1. The summed E-state index contributed by atoms with van der Waals surface area (Å²) in [4.78, 5) is 14.9. The van der Waals surface area contributed by atoms with Gasteiger partial charge in [-0.3, -0.25) is 4.68 Å². The summed E-state index contributed by atoms with van der Waals surface area (Å²) >= 11 is 0. The summed E-state index contributed by atoms with van der Waals surface area (Å²) in [6.45, 7) is 5.94. The molecule has 1 aromatic carbocycles. The van der Waals surface area contributed by atoms with Gasteiger partial charge in [0.05, 0.1) is 11.2 Å². The zero-order valence-corrected chi connectivity index (χ0v) is 12.6. The number of rotatable bonds is 1. The van der Waals surface area contributed by atoms with Gasteiger partial charge in [0.1, 0.15) is 0 Å². The summed E-state index contributed by atoms with van der Waals surface area (Å²) in [5, 5.41) is 14.7. The molecule has 2 heterocycles. The van der Waals surface area contributed by atoms with E-state index >= 15 is 0 Å². The van der Waals surface area contributed by atoms with Crippen LogP contribution in [-0.2, 0) is 7.05 Å². The highest BCUT2D eigenvalue weighted by Gasteiger charge is 2.27. The van der Waals surface area contributed by atoms with Crippen LogP contribution < -0.4 is 4.90 Å². The topological polar surface area (TPSA) is 61.6 Å². The predicted octanol–water partition coefficient (Wildman–Crippen LogP) is 2.07. The fourth-order valence-corrected chi connectivity index (χ4v) is 3.10. The van der Waals surface area contributed by atoms with Crippen molar-refractivity contribution in [1.82, 2.24) is 14.7 Å². The number of hydrogen-bond donors (Lipinski definition) is 1. The first-order valence-corrected chi connectivity index (χ1v) is 7.15. The van der Waals surface area contributed by atoms with Crippen molar-refractivity contribution in [2.75, 3.05) is 24.5 Å². The van der Waals surface area contributed by atoms with Crippen LogP contribution >= 0.6 is 0 Å². The Balaban J connectivity index is 1.88. The Labute approximate surface area is 123 Å². The molecule has 1 N–H and O–H groups in total. The first-order chi connectivity index (χ1) is 9.97. The minimum atomic E-state index is -0.833. The fraction of sp³-hybridized carbons (Fsp3) is 0.467. The lowest BCUT2D eigenvalue weighted by molar-refractivity contribution is 0.123. The molecule has 0 radical (unpaired) electrons. The van der Waals surface area contributed by atoms with Gasteiger partial charge in [0.2, 0.25) is 0 Å². The van der Waals surface area contributed by atoms with Crippen LogP contribution in [0.4, 0.5) is 10.5 Å². The molecule has 0 aliphatic carbocycles. The molecule has 1 aromatic heterocycles. The molecule has 0 spiro atoms. The van der Waals surface area contributed by atoms with E-state index in [-0.39, 0.29) is 6.04 Å². The third kappa shape index (κ3) is 2.30. The van der Waals surface area contributed by atoms with Gasteiger partial charge in [-0.15, -0.1) is 0 Å². The average molecular weight is 288 g/mol. The minimum absolute atomic E-state index is 0.000204. The van der Waals surface area contributed by atoms with E-state index in [1.54, 1.807) is 0 Å². The van der Waals surface area contributed by atoms with E-state index in [1.807, 2.05) is 25.6 Å². The number of nitrogens with zero attached hydrogens (tertiary/aromatic N) is 4. The highest BCUT2D eigenvalue weighted by molar-refractivity contribution is 5.85. The number of aromatic nitrogens is 2. The van der Waals surface area contributed by atoms with Crippen molar-refractivity contribution >= 4 is 22.7 Å². The molecular weight excluding hydrogens is 268 g/mol. The van der Waals surface area contributed by atoms with Crippen LogP contribution in [0.3, 0.4) is 0 Å². The molecule has 112 valence electrons. The molecule has 1 atom stereocenters. The van der Waals surface area contributed by atoms with E-state index in [0.29, 0.717) is 13.1 Å². The van der Waals surface area contributed by atoms with Crippen LogP contribution in [0.2, 0.25) is 0 Å². The van der Waals surface area contributed by atoms with Crippen molar-refractivity contribution in [1.29, 1.82) is 0 Å². The number of aryl methyl sites for hydroxylation is 2. The fourth-order valence-electron chi connectivity index (χ4n) is 3.10. The SMILES string of the molecule is Cc1nn(C)c2cc(N3CCN(C(=O)O)C(C)C3)ccc12. The second kappa shape index (κ2) is 4.95. The smallest absolute Gasteiger partial charge is 0.407 e. The zero-order valence-electron chi connectivity index (χ0n) is 12.6. The standard InChI is InChI=1S/C15H20N4O2/c1-10-9-18(6-7-19(10)15(20)21)12-4-5-13-11(2)16-17(3)14(13)8-12/h4-5,8,10H,6-7,9H2,1-3H3,(H,20,21). The molecule has 6 nitrogen and oxygen atoms in total. The second-order valence-electron chi connectivity index (χ2n) is 5.68. The second-order valence-corrected chi connectivity index (χ2v) is 5.68. The van der Waals surface area contributed by atoms with E-state index in [0.717, 1.165) is 23.4 Å². The molecule has 6 heteroatoms. The number of amides is 1. The minimum Gasteiger partial charge on any atom is -0.465 e. The Morgan fingerprint density at radius 2 is 2.14 bits per heavy atom. The molecule has 2 aromatic rings. The zero-order chi connectivity index (χ0) is 15.1. The van der Waals surface area contributed by atoms with Gasteiger partial charge in [-0.25, -0.2) is 4.79 Å². The number of benzene rings is 1. The Hall–Kier alpha value is -2.24. The van der Waals surface area contributed by atoms with Crippen LogP contribution in [0.5, 0.6) is 0 Å². The Bertz CT molecular complexity index is 694. The first-order valence-electron chi connectivity index (χ1n) is 7.15. The summed E-state index contributed by atoms with van der Waals surface area (Å²) in [7, 11) is 1.95. The van der Waals surface area contributed by atoms with Gasteiger partial charge < -0.3 is 14.9 Å². The van der Waals surface area contributed by atoms with Crippen molar-refractivity contribution in [3.63, 3.8) is 0 Å². The number of carboxylic acid groups (broad SMARTS) is 1. The molecule has 1 aliphatic heterocycles. The maximum Gasteiger partial charge on any atom is 0.407 e. The lowest BCUT2D eigenvalue weighted by Gasteiger charge is -2.39. The highest BCUT2D eigenvalue weighted by Crippen LogP contribution is 2.25. The molecule has 1 amide bonds. The van der Waals surface area contributed by atoms with Gasteiger partial charge in [-0.1, -0.05) is 0 Å². The van der Waals surface area contributed by atoms with Crippen LogP contribution in [0.25, 0.3) is 10.9 Å². The Kier molecular flexibility index (Phi) is 3.23. The molecule has 0 saturated carbocycles.